The minimum absolute atomic E-state index is 0.250. The van der Waals surface area contributed by atoms with Crippen molar-refractivity contribution >= 4 is 22.9 Å². The highest BCUT2D eigenvalue weighted by molar-refractivity contribution is 7.10. The molecule has 2 rings (SSSR count). The van der Waals surface area contributed by atoms with Crippen LogP contribution in [0.4, 0.5) is 4.39 Å². The highest BCUT2D eigenvalue weighted by atomic mass is 35.5. The number of halogens is 2. The molecule has 0 aliphatic rings. The molecule has 1 unspecified atom stereocenters. The summed E-state index contributed by atoms with van der Waals surface area (Å²) in [5.74, 6) is -0.250. The average Bonchev–Trinajstić information content (AvgIpc) is 2.69. The third kappa shape index (κ3) is 3.06. The summed E-state index contributed by atoms with van der Waals surface area (Å²) in [5.41, 5.74) is 1.80. The first-order chi connectivity index (χ1) is 8.06. The number of hydrogen-bond donors (Lipinski definition) is 1. The summed E-state index contributed by atoms with van der Waals surface area (Å²) >= 11 is 7.24. The van der Waals surface area contributed by atoms with Crippen molar-refractivity contribution in [2.24, 2.45) is 0 Å². The van der Waals surface area contributed by atoms with Gasteiger partial charge in [0.1, 0.15) is 5.82 Å². The molecule has 90 valence electrons. The molecular weight excluding hydrogens is 259 g/mol. The van der Waals surface area contributed by atoms with Crippen LogP contribution >= 0.6 is 22.9 Å². The molecule has 4 heteroatoms. The standard InChI is InChI=1S/C13H12ClFOS/c1-8-4-11(15)3-2-9(8)5-12(16)13-6-10(14)7-17-13/h2-4,6-7,12,16H,5H2,1H3. The number of rotatable bonds is 3. The van der Waals surface area contributed by atoms with Gasteiger partial charge in [-0.25, -0.2) is 4.39 Å². The van der Waals surface area contributed by atoms with Crippen LogP contribution in [0.15, 0.2) is 29.6 Å². The van der Waals surface area contributed by atoms with Gasteiger partial charge in [0.2, 0.25) is 0 Å². The highest BCUT2D eigenvalue weighted by Crippen LogP contribution is 2.28. The van der Waals surface area contributed by atoms with Crippen LogP contribution in [-0.2, 0) is 6.42 Å². The molecule has 0 saturated carbocycles. The predicted octanol–water partition coefficient (Wildman–Crippen LogP) is 4.13. The predicted molar refractivity (Wildman–Crippen MR) is 69.1 cm³/mol. The fourth-order valence-electron chi connectivity index (χ4n) is 1.70. The lowest BCUT2D eigenvalue weighted by molar-refractivity contribution is 0.182. The SMILES string of the molecule is Cc1cc(F)ccc1CC(O)c1cc(Cl)cs1. The monoisotopic (exact) mass is 270 g/mol. The molecule has 0 amide bonds. The molecule has 0 fully saturated rings. The molecule has 1 aromatic heterocycles. The lowest BCUT2D eigenvalue weighted by Crippen LogP contribution is -2.01. The van der Waals surface area contributed by atoms with Crippen LogP contribution in [0.1, 0.15) is 22.1 Å². The largest absolute Gasteiger partial charge is 0.387 e. The zero-order chi connectivity index (χ0) is 12.4. The molecule has 0 bridgehead atoms. The van der Waals surface area contributed by atoms with Crippen LogP contribution < -0.4 is 0 Å². The Hall–Kier alpha value is -0.900. The first-order valence-electron chi connectivity index (χ1n) is 5.23. The van der Waals surface area contributed by atoms with E-state index in [9.17, 15) is 9.50 Å². The van der Waals surface area contributed by atoms with Gasteiger partial charge < -0.3 is 5.11 Å². The number of aryl methyl sites for hydroxylation is 1. The second-order valence-corrected chi connectivity index (χ2v) is 5.34. The van der Waals surface area contributed by atoms with Gasteiger partial charge >= 0.3 is 0 Å². The summed E-state index contributed by atoms with van der Waals surface area (Å²) in [5, 5.41) is 12.5. The van der Waals surface area contributed by atoms with Gasteiger partial charge in [-0.2, -0.15) is 0 Å². The Morgan fingerprint density at radius 2 is 2.18 bits per heavy atom. The second kappa shape index (κ2) is 5.17. The normalized spacial score (nSPS) is 12.7. The topological polar surface area (TPSA) is 20.2 Å². The summed E-state index contributed by atoms with van der Waals surface area (Å²) in [6.07, 6.45) is -0.111. The molecule has 0 aliphatic heterocycles. The van der Waals surface area contributed by atoms with Crippen molar-refractivity contribution in [2.75, 3.05) is 0 Å². The van der Waals surface area contributed by atoms with E-state index in [-0.39, 0.29) is 5.82 Å². The molecule has 1 aromatic carbocycles. The molecule has 1 nitrogen and oxygen atoms in total. The number of aliphatic hydroxyl groups is 1. The highest BCUT2D eigenvalue weighted by Gasteiger charge is 2.12. The van der Waals surface area contributed by atoms with Crippen molar-refractivity contribution in [1.82, 2.24) is 0 Å². The number of thiophene rings is 1. The molecule has 0 radical (unpaired) electrons. The molecular formula is C13H12ClFOS. The zero-order valence-corrected chi connectivity index (χ0v) is 10.9. The van der Waals surface area contributed by atoms with Crippen molar-refractivity contribution in [3.8, 4) is 0 Å². The van der Waals surface area contributed by atoms with E-state index in [4.69, 9.17) is 11.6 Å². The van der Waals surface area contributed by atoms with Gasteiger partial charge in [-0.3, -0.25) is 0 Å². The van der Waals surface area contributed by atoms with E-state index < -0.39 is 6.10 Å². The maximum absolute atomic E-state index is 12.9. The molecule has 0 saturated heterocycles. The van der Waals surface area contributed by atoms with E-state index in [0.717, 1.165) is 16.0 Å². The number of aliphatic hydroxyl groups excluding tert-OH is 1. The third-order valence-corrected chi connectivity index (χ3v) is 4.02. The van der Waals surface area contributed by atoms with E-state index in [1.54, 1.807) is 17.5 Å². The Bertz CT molecular complexity index is 524. The summed E-state index contributed by atoms with van der Waals surface area (Å²) in [7, 11) is 0. The molecule has 17 heavy (non-hydrogen) atoms. The summed E-state index contributed by atoms with van der Waals surface area (Å²) in [6, 6.07) is 6.36. The number of hydrogen-bond acceptors (Lipinski definition) is 2. The van der Waals surface area contributed by atoms with E-state index in [0.29, 0.717) is 11.4 Å². The quantitative estimate of drug-likeness (QED) is 0.889. The molecule has 1 N–H and O–H groups in total. The zero-order valence-electron chi connectivity index (χ0n) is 9.28. The lowest BCUT2D eigenvalue weighted by atomic mass is 10.0. The maximum Gasteiger partial charge on any atom is 0.123 e. The van der Waals surface area contributed by atoms with Gasteiger partial charge in [-0.05, 0) is 36.2 Å². The fourth-order valence-corrected chi connectivity index (χ4v) is 2.77. The van der Waals surface area contributed by atoms with E-state index in [2.05, 4.69) is 0 Å². The van der Waals surface area contributed by atoms with Crippen LogP contribution in [0.3, 0.4) is 0 Å². The fraction of sp³-hybridized carbons (Fsp3) is 0.231. The maximum atomic E-state index is 12.9. The summed E-state index contributed by atoms with van der Waals surface area (Å²) < 4.78 is 12.9. The first kappa shape index (κ1) is 12.6. The van der Waals surface area contributed by atoms with Crippen molar-refractivity contribution < 1.29 is 9.50 Å². The minimum atomic E-state index is -0.586. The van der Waals surface area contributed by atoms with E-state index in [1.165, 1.54) is 23.5 Å². The summed E-state index contributed by atoms with van der Waals surface area (Å²) in [4.78, 5) is 0.832. The van der Waals surface area contributed by atoms with Crippen LogP contribution in [0.25, 0.3) is 0 Å². The second-order valence-electron chi connectivity index (χ2n) is 3.96. The Morgan fingerprint density at radius 3 is 2.76 bits per heavy atom. The van der Waals surface area contributed by atoms with E-state index >= 15 is 0 Å². The van der Waals surface area contributed by atoms with Crippen molar-refractivity contribution in [2.45, 2.75) is 19.4 Å². The first-order valence-corrected chi connectivity index (χ1v) is 6.49. The summed E-state index contributed by atoms with van der Waals surface area (Å²) in [6.45, 7) is 1.84. The third-order valence-electron chi connectivity index (χ3n) is 2.63. The van der Waals surface area contributed by atoms with Crippen LogP contribution in [0.2, 0.25) is 5.02 Å². The van der Waals surface area contributed by atoms with Crippen molar-refractivity contribution in [1.29, 1.82) is 0 Å². The van der Waals surface area contributed by atoms with Gasteiger partial charge in [0.05, 0.1) is 11.1 Å². The minimum Gasteiger partial charge on any atom is -0.387 e. The Morgan fingerprint density at radius 1 is 1.41 bits per heavy atom. The average molecular weight is 271 g/mol. The molecule has 0 spiro atoms. The molecule has 0 aliphatic carbocycles. The van der Waals surface area contributed by atoms with E-state index in [1.807, 2.05) is 6.92 Å². The van der Waals surface area contributed by atoms with Gasteiger partial charge in [-0.15, -0.1) is 11.3 Å². The van der Waals surface area contributed by atoms with Crippen molar-refractivity contribution in [3.05, 3.63) is 56.5 Å². The van der Waals surface area contributed by atoms with Crippen LogP contribution in [0.5, 0.6) is 0 Å². The smallest absolute Gasteiger partial charge is 0.123 e. The number of benzene rings is 1. The van der Waals surface area contributed by atoms with Gasteiger partial charge in [-0.1, -0.05) is 17.7 Å². The molecule has 1 atom stereocenters. The van der Waals surface area contributed by atoms with Crippen LogP contribution in [0, 0.1) is 12.7 Å². The van der Waals surface area contributed by atoms with Gasteiger partial charge in [0.15, 0.2) is 0 Å². The lowest BCUT2D eigenvalue weighted by Gasteiger charge is -2.10. The Balaban J connectivity index is 2.15. The van der Waals surface area contributed by atoms with Gasteiger partial charge in [0.25, 0.3) is 0 Å². The van der Waals surface area contributed by atoms with Crippen molar-refractivity contribution in [3.63, 3.8) is 0 Å². The molecule has 1 heterocycles. The van der Waals surface area contributed by atoms with Crippen LogP contribution in [-0.4, -0.2) is 5.11 Å². The Kier molecular flexibility index (Phi) is 3.82. The Labute approximate surface area is 108 Å². The molecule has 2 aromatic rings. The van der Waals surface area contributed by atoms with Gasteiger partial charge in [0, 0.05) is 16.7 Å².